The van der Waals surface area contributed by atoms with Gasteiger partial charge in [0.1, 0.15) is 0 Å². The number of rotatable bonds is 7. The molecule has 0 saturated heterocycles. The molecule has 1 aromatic heterocycles. The Morgan fingerprint density at radius 2 is 2.11 bits per heavy atom. The van der Waals surface area contributed by atoms with Crippen LogP contribution in [0.5, 0.6) is 0 Å². The topological polar surface area (TPSA) is 54.0 Å². The van der Waals surface area contributed by atoms with Crippen LogP contribution in [0.4, 0.5) is 0 Å². The zero-order valence-electron chi connectivity index (χ0n) is 11.4. The van der Waals surface area contributed by atoms with Gasteiger partial charge in [0.05, 0.1) is 12.2 Å². The van der Waals surface area contributed by atoms with Crippen molar-refractivity contribution in [3.63, 3.8) is 0 Å². The number of nitrogens with one attached hydrogen (secondary N) is 2. The monoisotopic (exact) mass is 249 g/mol. The molecule has 0 aliphatic heterocycles. The lowest BCUT2D eigenvalue weighted by Gasteiger charge is -2.13. The number of hydrogen-bond acceptors (Lipinski definition) is 3. The molecule has 1 heterocycles. The van der Waals surface area contributed by atoms with Crippen LogP contribution in [0.3, 0.4) is 0 Å². The van der Waals surface area contributed by atoms with Gasteiger partial charge in [-0.25, -0.2) is 0 Å². The quantitative estimate of drug-likeness (QED) is 0.776. The highest BCUT2D eigenvalue weighted by Crippen LogP contribution is 2.06. The first-order valence-electron chi connectivity index (χ1n) is 6.50. The second-order valence-electron chi connectivity index (χ2n) is 4.89. The second-order valence-corrected chi connectivity index (χ2v) is 4.89. The first kappa shape index (κ1) is 14.6. The van der Waals surface area contributed by atoms with Gasteiger partial charge in [-0.3, -0.25) is 9.78 Å². The van der Waals surface area contributed by atoms with Crippen LogP contribution in [-0.4, -0.2) is 24.0 Å². The Labute approximate surface area is 109 Å². The highest BCUT2D eigenvalue weighted by atomic mass is 16.1. The summed E-state index contributed by atoms with van der Waals surface area (Å²) in [6, 6.07) is 5.87. The summed E-state index contributed by atoms with van der Waals surface area (Å²) in [5.41, 5.74) is 0.951. The van der Waals surface area contributed by atoms with Crippen molar-refractivity contribution in [2.24, 2.45) is 5.92 Å². The third-order valence-corrected chi connectivity index (χ3v) is 2.74. The molecule has 1 amide bonds. The van der Waals surface area contributed by atoms with E-state index in [1.165, 1.54) is 0 Å². The van der Waals surface area contributed by atoms with E-state index >= 15 is 0 Å². The summed E-state index contributed by atoms with van der Waals surface area (Å²) in [4.78, 5) is 15.8. The number of pyridine rings is 1. The van der Waals surface area contributed by atoms with Crippen molar-refractivity contribution in [1.29, 1.82) is 0 Å². The molecule has 4 nitrogen and oxygen atoms in total. The van der Waals surface area contributed by atoms with Crippen LogP contribution in [0, 0.1) is 5.92 Å². The Morgan fingerprint density at radius 3 is 2.72 bits per heavy atom. The molecule has 0 saturated carbocycles. The van der Waals surface area contributed by atoms with Crippen molar-refractivity contribution in [3.05, 3.63) is 30.1 Å². The van der Waals surface area contributed by atoms with E-state index in [2.05, 4.69) is 29.5 Å². The molecular formula is C14H23N3O. The van der Waals surface area contributed by atoms with Gasteiger partial charge in [-0.1, -0.05) is 19.9 Å². The first-order valence-corrected chi connectivity index (χ1v) is 6.50. The van der Waals surface area contributed by atoms with E-state index < -0.39 is 0 Å². The summed E-state index contributed by atoms with van der Waals surface area (Å²) in [5, 5.41) is 6.06. The van der Waals surface area contributed by atoms with Crippen LogP contribution in [0.25, 0.3) is 0 Å². The van der Waals surface area contributed by atoms with Crippen molar-refractivity contribution in [2.45, 2.75) is 33.2 Å². The average molecular weight is 249 g/mol. The predicted octanol–water partition coefficient (Wildman–Crippen LogP) is 1.89. The third-order valence-electron chi connectivity index (χ3n) is 2.74. The maximum absolute atomic E-state index is 11.6. The Morgan fingerprint density at radius 1 is 1.33 bits per heavy atom. The normalized spacial score (nSPS) is 12.4. The molecule has 0 aliphatic carbocycles. The van der Waals surface area contributed by atoms with Crippen molar-refractivity contribution < 1.29 is 4.79 Å². The molecule has 0 spiro atoms. The van der Waals surface area contributed by atoms with Gasteiger partial charge < -0.3 is 10.6 Å². The van der Waals surface area contributed by atoms with Gasteiger partial charge in [-0.2, -0.15) is 0 Å². The summed E-state index contributed by atoms with van der Waals surface area (Å²) in [7, 11) is 0. The van der Waals surface area contributed by atoms with Crippen LogP contribution in [0.15, 0.2) is 24.4 Å². The first-order chi connectivity index (χ1) is 8.59. The molecule has 4 heteroatoms. The van der Waals surface area contributed by atoms with Gasteiger partial charge in [0, 0.05) is 18.8 Å². The van der Waals surface area contributed by atoms with E-state index in [1.54, 1.807) is 6.20 Å². The number of hydrogen-bond donors (Lipinski definition) is 2. The highest BCUT2D eigenvalue weighted by molar-refractivity contribution is 5.77. The fourth-order valence-electron chi connectivity index (χ4n) is 1.55. The zero-order valence-corrected chi connectivity index (χ0v) is 11.4. The molecule has 2 N–H and O–H groups in total. The van der Waals surface area contributed by atoms with Crippen LogP contribution in [0.1, 0.15) is 38.9 Å². The smallest absolute Gasteiger partial charge is 0.233 e. The van der Waals surface area contributed by atoms with Crippen molar-refractivity contribution >= 4 is 5.91 Å². The summed E-state index contributed by atoms with van der Waals surface area (Å²) < 4.78 is 0. The molecule has 100 valence electrons. The van der Waals surface area contributed by atoms with E-state index in [1.807, 2.05) is 25.1 Å². The maximum Gasteiger partial charge on any atom is 0.233 e. The van der Waals surface area contributed by atoms with E-state index in [4.69, 9.17) is 0 Å². The lowest BCUT2D eigenvalue weighted by molar-refractivity contribution is -0.120. The average Bonchev–Trinajstić information content (AvgIpc) is 2.36. The number of amides is 1. The Hall–Kier alpha value is -1.42. The van der Waals surface area contributed by atoms with Gasteiger partial charge in [0.2, 0.25) is 5.91 Å². The van der Waals surface area contributed by atoms with Gasteiger partial charge in [0.15, 0.2) is 0 Å². The predicted molar refractivity (Wildman–Crippen MR) is 73.1 cm³/mol. The van der Waals surface area contributed by atoms with Crippen LogP contribution in [0.2, 0.25) is 0 Å². The van der Waals surface area contributed by atoms with Gasteiger partial charge in [-0.15, -0.1) is 0 Å². The molecule has 0 radical (unpaired) electrons. The van der Waals surface area contributed by atoms with Crippen LogP contribution < -0.4 is 10.6 Å². The molecule has 0 bridgehead atoms. The Balaban J connectivity index is 2.22. The van der Waals surface area contributed by atoms with Crippen LogP contribution in [-0.2, 0) is 4.79 Å². The summed E-state index contributed by atoms with van der Waals surface area (Å²) in [6.07, 6.45) is 2.78. The maximum atomic E-state index is 11.6. The Bertz CT molecular complexity index is 351. The lowest BCUT2D eigenvalue weighted by Crippen LogP contribution is -2.36. The minimum absolute atomic E-state index is 0.0402. The third kappa shape index (κ3) is 5.77. The van der Waals surface area contributed by atoms with Crippen molar-refractivity contribution in [3.8, 4) is 0 Å². The van der Waals surface area contributed by atoms with Crippen molar-refractivity contribution in [2.75, 3.05) is 13.1 Å². The number of nitrogens with zero attached hydrogens (tertiary/aromatic N) is 1. The lowest BCUT2D eigenvalue weighted by atomic mass is 10.1. The second kappa shape index (κ2) is 7.82. The van der Waals surface area contributed by atoms with E-state index in [9.17, 15) is 4.79 Å². The summed E-state index contributed by atoms with van der Waals surface area (Å²) >= 11 is 0. The largest absolute Gasteiger partial charge is 0.355 e. The zero-order chi connectivity index (χ0) is 13.4. The fourth-order valence-corrected chi connectivity index (χ4v) is 1.55. The summed E-state index contributed by atoms with van der Waals surface area (Å²) in [5.74, 6) is 0.657. The number of carbonyl (C=O) groups excluding carboxylic acids is 1. The van der Waals surface area contributed by atoms with Crippen LogP contribution >= 0.6 is 0 Å². The van der Waals surface area contributed by atoms with Gasteiger partial charge in [0.25, 0.3) is 0 Å². The molecule has 1 aromatic rings. The molecule has 0 fully saturated rings. The molecule has 0 aromatic carbocycles. The number of carbonyl (C=O) groups is 1. The molecule has 0 unspecified atom stereocenters. The standard InChI is InChI=1S/C14H23N3O/c1-11(2)7-9-16-14(18)10-17-12(3)13-6-4-5-8-15-13/h4-6,8,11-12,17H,7,9-10H2,1-3H3,(H,16,18)/t12-/m1/s1. The molecule has 1 rings (SSSR count). The number of aromatic nitrogens is 1. The summed E-state index contributed by atoms with van der Waals surface area (Å²) in [6.45, 7) is 7.37. The van der Waals surface area contributed by atoms with E-state index in [0.717, 1.165) is 18.7 Å². The molecule has 18 heavy (non-hydrogen) atoms. The minimum atomic E-state index is 0.0402. The molecule has 0 aliphatic rings. The fraction of sp³-hybridized carbons (Fsp3) is 0.571. The van der Waals surface area contributed by atoms with Gasteiger partial charge >= 0.3 is 0 Å². The van der Waals surface area contributed by atoms with E-state index in [0.29, 0.717) is 12.5 Å². The molecule has 1 atom stereocenters. The van der Waals surface area contributed by atoms with E-state index in [-0.39, 0.29) is 11.9 Å². The molecular weight excluding hydrogens is 226 g/mol. The van der Waals surface area contributed by atoms with Crippen molar-refractivity contribution in [1.82, 2.24) is 15.6 Å². The van der Waals surface area contributed by atoms with Gasteiger partial charge in [-0.05, 0) is 31.4 Å². The highest BCUT2D eigenvalue weighted by Gasteiger charge is 2.07. The minimum Gasteiger partial charge on any atom is -0.355 e. The SMILES string of the molecule is CC(C)CCNC(=O)CN[C@H](C)c1ccccn1. The Kier molecular flexibility index (Phi) is 6.36.